The van der Waals surface area contributed by atoms with Crippen LogP contribution in [0.25, 0.3) is 0 Å². The normalized spacial score (nSPS) is 12.6. The van der Waals surface area contributed by atoms with Crippen molar-refractivity contribution in [1.29, 1.82) is 0 Å². The SMILES string of the molecule is CN(C)c1ccccc1CC(OCC(O)CNCCOC(=O)C(=O)O)C(=O)c1ccccc1. The van der Waals surface area contributed by atoms with Crippen molar-refractivity contribution in [2.24, 2.45) is 0 Å². The summed E-state index contributed by atoms with van der Waals surface area (Å²) in [5, 5.41) is 21.5. The van der Waals surface area contributed by atoms with Crippen LogP contribution in [0.3, 0.4) is 0 Å². The number of para-hydroxylation sites is 1. The number of ketones is 1. The molecule has 2 atom stereocenters. The Morgan fingerprint density at radius 1 is 1.03 bits per heavy atom. The topological polar surface area (TPSA) is 125 Å². The number of Topliss-reactive ketones (excluding diaryl/α,β-unsaturated/α-hetero) is 1. The van der Waals surface area contributed by atoms with E-state index in [1.807, 2.05) is 49.3 Å². The summed E-state index contributed by atoms with van der Waals surface area (Å²) in [4.78, 5) is 36.3. The summed E-state index contributed by atoms with van der Waals surface area (Å²) in [5.74, 6) is -3.17. The quantitative estimate of drug-likeness (QED) is 0.175. The highest BCUT2D eigenvalue weighted by Crippen LogP contribution is 2.22. The number of anilines is 1. The molecule has 0 aliphatic heterocycles. The van der Waals surface area contributed by atoms with Gasteiger partial charge in [-0.05, 0) is 11.6 Å². The Balaban J connectivity index is 1.96. The first kappa shape index (κ1) is 26.0. The molecule has 0 saturated heterocycles. The third-order valence-electron chi connectivity index (χ3n) is 4.79. The molecule has 0 heterocycles. The van der Waals surface area contributed by atoms with Crippen molar-refractivity contribution in [3.05, 3.63) is 65.7 Å². The molecular formula is C24H30N2O7. The van der Waals surface area contributed by atoms with Crippen LogP contribution in [0.1, 0.15) is 15.9 Å². The van der Waals surface area contributed by atoms with E-state index >= 15 is 0 Å². The van der Waals surface area contributed by atoms with Crippen molar-refractivity contribution < 1.29 is 34.1 Å². The fourth-order valence-corrected chi connectivity index (χ4v) is 3.17. The molecule has 0 saturated carbocycles. The minimum atomic E-state index is -1.66. The first-order chi connectivity index (χ1) is 15.8. The maximum atomic E-state index is 13.1. The van der Waals surface area contributed by atoms with Crippen molar-refractivity contribution in [3.8, 4) is 0 Å². The number of benzene rings is 2. The second-order valence-corrected chi connectivity index (χ2v) is 7.58. The Morgan fingerprint density at radius 3 is 2.36 bits per heavy atom. The molecule has 178 valence electrons. The van der Waals surface area contributed by atoms with Crippen LogP contribution in [-0.2, 0) is 25.5 Å². The van der Waals surface area contributed by atoms with Gasteiger partial charge in [-0.25, -0.2) is 9.59 Å². The number of esters is 1. The number of aliphatic carboxylic acids is 1. The van der Waals surface area contributed by atoms with E-state index in [0.29, 0.717) is 12.0 Å². The third kappa shape index (κ3) is 8.64. The first-order valence-electron chi connectivity index (χ1n) is 10.5. The number of hydrogen-bond donors (Lipinski definition) is 3. The van der Waals surface area contributed by atoms with Gasteiger partial charge in [0.2, 0.25) is 0 Å². The van der Waals surface area contributed by atoms with Crippen LogP contribution in [-0.4, -0.2) is 80.5 Å². The average molecular weight is 459 g/mol. The number of carboxylic acids is 1. The predicted octanol–water partition coefficient (Wildman–Crippen LogP) is 1.14. The number of hydrogen-bond acceptors (Lipinski definition) is 8. The van der Waals surface area contributed by atoms with Gasteiger partial charge in [-0.1, -0.05) is 48.5 Å². The minimum Gasteiger partial charge on any atom is -0.473 e. The highest BCUT2D eigenvalue weighted by atomic mass is 16.6. The molecule has 0 radical (unpaired) electrons. The maximum Gasteiger partial charge on any atom is 0.417 e. The van der Waals surface area contributed by atoms with Crippen LogP contribution < -0.4 is 10.2 Å². The van der Waals surface area contributed by atoms with Crippen LogP contribution >= 0.6 is 0 Å². The second kappa shape index (κ2) is 13.3. The summed E-state index contributed by atoms with van der Waals surface area (Å²) in [5.41, 5.74) is 2.45. The molecule has 0 bridgehead atoms. The van der Waals surface area contributed by atoms with Gasteiger partial charge in [0.05, 0.1) is 12.7 Å². The summed E-state index contributed by atoms with van der Waals surface area (Å²) in [7, 11) is 3.85. The summed E-state index contributed by atoms with van der Waals surface area (Å²) in [6.07, 6.45) is -1.37. The molecule has 2 aromatic carbocycles. The van der Waals surface area contributed by atoms with Crippen LogP contribution in [0, 0.1) is 0 Å². The highest BCUT2D eigenvalue weighted by Gasteiger charge is 2.24. The van der Waals surface area contributed by atoms with Crippen molar-refractivity contribution in [3.63, 3.8) is 0 Å². The Bertz CT molecular complexity index is 918. The average Bonchev–Trinajstić information content (AvgIpc) is 2.81. The lowest BCUT2D eigenvalue weighted by Gasteiger charge is -2.23. The Hall–Kier alpha value is -3.27. The number of aliphatic hydroxyl groups is 1. The maximum absolute atomic E-state index is 13.1. The fraction of sp³-hybridized carbons (Fsp3) is 0.375. The minimum absolute atomic E-state index is 0.0880. The van der Waals surface area contributed by atoms with Gasteiger partial charge in [0.15, 0.2) is 5.78 Å². The summed E-state index contributed by atoms with van der Waals surface area (Å²) >= 11 is 0. The molecule has 0 aliphatic rings. The van der Waals surface area contributed by atoms with Crippen LogP contribution in [0.5, 0.6) is 0 Å². The lowest BCUT2D eigenvalue weighted by atomic mass is 9.98. The standard InChI is InChI=1S/C24H30N2O7/c1-26(2)20-11-7-6-10-18(20)14-21(22(28)17-8-4-3-5-9-17)33-16-19(27)15-25-12-13-32-24(31)23(29)30/h3-11,19,21,25,27H,12-16H2,1-2H3,(H,29,30). The lowest BCUT2D eigenvalue weighted by molar-refractivity contribution is -0.163. The number of rotatable bonds is 13. The van der Waals surface area contributed by atoms with Gasteiger partial charge in [0.25, 0.3) is 0 Å². The van der Waals surface area contributed by atoms with Crippen molar-refractivity contribution >= 4 is 23.4 Å². The largest absolute Gasteiger partial charge is 0.473 e. The number of nitrogens with one attached hydrogen (secondary N) is 1. The monoisotopic (exact) mass is 458 g/mol. The van der Waals surface area contributed by atoms with Gasteiger partial charge in [0.1, 0.15) is 12.7 Å². The molecule has 33 heavy (non-hydrogen) atoms. The van der Waals surface area contributed by atoms with Gasteiger partial charge in [-0.15, -0.1) is 0 Å². The summed E-state index contributed by atoms with van der Waals surface area (Å²) in [6, 6.07) is 16.6. The van der Waals surface area contributed by atoms with E-state index in [1.54, 1.807) is 24.3 Å². The zero-order chi connectivity index (χ0) is 24.2. The summed E-state index contributed by atoms with van der Waals surface area (Å²) < 4.78 is 10.4. The number of aliphatic hydroxyl groups excluding tert-OH is 1. The molecule has 9 nitrogen and oxygen atoms in total. The van der Waals surface area contributed by atoms with Crippen LogP contribution in [0.4, 0.5) is 5.69 Å². The molecule has 3 N–H and O–H groups in total. The molecule has 2 aromatic rings. The van der Waals surface area contributed by atoms with E-state index in [0.717, 1.165) is 11.3 Å². The number of nitrogens with zero attached hydrogens (tertiary/aromatic N) is 1. The predicted molar refractivity (Wildman–Crippen MR) is 122 cm³/mol. The van der Waals surface area contributed by atoms with Gasteiger partial charge in [-0.3, -0.25) is 4.79 Å². The molecular weight excluding hydrogens is 428 g/mol. The Labute approximate surface area is 192 Å². The molecule has 0 amide bonds. The van der Waals surface area contributed by atoms with Crippen molar-refractivity contribution in [2.45, 2.75) is 18.6 Å². The molecule has 0 aromatic heterocycles. The molecule has 0 spiro atoms. The molecule has 2 unspecified atom stereocenters. The zero-order valence-corrected chi connectivity index (χ0v) is 18.8. The van der Waals surface area contributed by atoms with Crippen LogP contribution in [0.15, 0.2) is 54.6 Å². The Kier molecular flexibility index (Phi) is 10.5. The third-order valence-corrected chi connectivity index (χ3v) is 4.79. The smallest absolute Gasteiger partial charge is 0.417 e. The zero-order valence-electron chi connectivity index (χ0n) is 18.8. The van der Waals surface area contributed by atoms with E-state index in [-0.39, 0.29) is 32.1 Å². The fourth-order valence-electron chi connectivity index (χ4n) is 3.17. The second-order valence-electron chi connectivity index (χ2n) is 7.58. The Morgan fingerprint density at radius 2 is 1.70 bits per heavy atom. The van der Waals surface area contributed by atoms with Gasteiger partial charge < -0.3 is 29.9 Å². The number of ether oxygens (including phenoxy) is 2. The van der Waals surface area contributed by atoms with Gasteiger partial charge >= 0.3 is 11.9 Å². The lowest BCUT2D eigenvalue weighted by Crippen LogP contribution is -2.36. The first-order valence-corrected chi connectivity index (χ1v) is 10.5. The van der Waals surface area contributed by atoms with Crippen molar-refractivity contribution in [2.75, 3.05) is 45.3 Å². The molecule has 0 aliphatic carbocycles. The van der Waals surface area contributed by atoms with E-state index in [9.17, 15) is 19.5 Å². The molecule has 0 fully saturated rings. The van der Waals surface area contributed by atoms with E-state index in [4.69, 9.17) is 9.84 Å². The van der Waals surface area contributed by atoms with Crippen molar-refractivity contribution in [1.82, 2.24) is 5.32 Å². The van der Waals surface area contributed by atoms with E-state index in [2.05, 4.69) is 10.1 Å². The highest BCUT2D eigenvalue weighted by molar-refractivity contribution is 6.28. The van der Waals surface area contributed by atoms with Gasteiger partial charge in [-0.2, -0.15) is 0 Å². The van der Waals surface area contributed by atoms with Gasteiger partial charge in [0, 0.05) is 44.9 Å². The summed E-state index contributed by atoms with van der Waals surface area (Å²) in [6.45, 7) is 0.0499. The number of carbonyl (C=O) groups excluding carboxylic acids is 2. The number of carboxylic acid groups (broad SMARTS) is 1. The molecule has 9 heteroatoms. The molecule has 2 rings (SSSR count). The van der Waals surface area contributed by atoms with Crippen LogP contribution in [0.2, 0.25) is 0 Å². The van der Waals surface area contributed by atoms with E-state index in [1.165, 1.54) is 0 Å². The number of carbonyl (C=O) groups is 3. The van der Waals surface area contributed by atoms with E-state index < -0.39 is 24.1 Å².